The summed E-state index contributed by atoms with van der Waals surface area (Å²) in [5, 5.41) is 6.68. The van der Waals surface area contributed by atoms with E-state index in [-0.39, 0.29) is 0 Å². The average molecular weight is 297 g/mol. The molecule has 1 aromatic carbocycles. The smallest absolute Gasteiger partial charge is 0.130 e. The zero-order valence-electron chi connectivity index (χ0n) is 11.7. The molecule has 3 heterocycles. The second-order valence-corrected chi connectivity index (χ2v) is 6.13. The number of thiophene rings is 1. The topological polar surface area (TPSA) is 53.1 Å². The fourth-order valence-corrected chi connectivity index (χ4v) is 3.50. The van der Waals surface area contributed by atoms with E-state index in [1.165, 1.54) is 11.1 Å². The van der Waals surface area contributed by atoms with Crippen LogP contribution in [0.15, 0.2) is 35.7 Å². The van der Waals surface area contributed by atoms with Crippen molar-refractivity contribution in [3.63, 3.8) is 0 Å². The van der Waals surface area contributed by atoms with Gasteiger partial charge in [-0.2, -0.15) is 5.10 Å². The molecule has 5 heteroatoms. The average Bonchev–Trinajstić information content (AvgIpc) is 3.19. The van der Waals surface area contributed by atoms with E-state index in [1.807, 2.05) is 13.1 Å². The first-order valence-electron chi connectivity index (χ1n) is 6.80. The van der Waals surface area contributed by atoms with Crippen LogP contribution in [0.25, 0.3) is 21.7 Å². The number of aryl methyl sites for hydroxylation is 1. The van der Waals surface area contributed by atoms with Gasteiger partial charge in [-0.25, -0.2) is 0 Å². The van der Waals surface area contributed by atoms with Crippen molar-refractivity contribution >= 4 is 17.2 Å². The third kappa shape index (κ3) is 1.97. The van der Waals surface area contributed by atoms with Gasteiger partial charge in [0.25, 0.3) is 0 Å². The van der Waals surface area contributed by atoms with E-state index in [0.29, 0.717) is 19.0 Å². The van der Waals surface area contributed by atoms with E-state index in [2.05, 4.69) is 34.7 Å². The van der Waals surface area contributed by atoms with Crippen LogP contribution < -0.4 is 5.73 Å². The minimum atomic E-state index is 0.680. The highest BCUT2D eigenvalue weighted by molar-refractivity contribution is 7.13. The van der Waals surface area contributed by atoms with E-state index in [4.69, 9.17) is 10.5 Å². The first-order valence-corrected chi connectivity index (χ1v) is 7.68. The van der Waals surface area contributed by atoms with Gasteiger partial charge in [0, 0.05) is 17.5 Å². The fourth-order valence-electron chi connectivity index (χ4n) is 2.72. The third-order valence-corrected chi connectivity index (χ3v) is 4.74. The Bertz CT molecular complexity index is 805. The molecule has 0 amide bonds. The summed E-state index contributed by atoms with van der Waals surface area (Å²) in [7, 11) is 1.88. The lowest BCUT2D eigenvalue weighted by Gasteiger charge is -2.04. The summed E-state index contributed by atoms with van der Waals surface area (Å²) in [4.78, 5) is 1.15. The molecule has 2 N–H and O–H groups in total. The predicted molar refractivity (Wildman–Crippen MR) is 84.9 cm³/mol. The maximum absolute atomic E-state index is 6.23. The Morgan fingerprint density at radius 3 is 2.90 bits per heavy atom. The number of aromatic nitrogens is 2. The van der Waals surface area contributed by atoms with E-state index < -0.39 is 0 Å². The summed E-state index contributed by atoms with van der Waals surface area (Å²) in [5.74, 6) is 0.698. The van der Waals surface area contributed by atoms with Gasteiger partial charge in [-0.3, -0.25) is 4.68 Å². The van der Waals surface area contributed by atoms with Crippen LogP contribution >= 0.6 is 11.3 Å². The number of benzene rings is 1. The van der Waals surface area contributed by atoms with Gasteiger partial charge in [0.2, 0.25) is 0 Å². The van der Waals surface area contributed by atoms with Crippen LogP contribution in [0.5, 0.6) is 0 Å². The molecular formula is C16H15N3OS. The lowest BCUT2D eigenvalue weighted by atomic mass is 10.0. The van der Waals surface area contributed by atoms with Crippen molar-refractivity contribution in [1.29, 1.82) is 0 Å². The van der Waals surface area contributed by atoms with Crippen LogP contribution in [-0.2, 0) is 25.0 Å². The number of nitrogen functional groups attached to an aromatic ring is 1. The molecule has 0 saturated heterocycles. The molecule has 1 aliphatic heterocycles. The molecular weight excluding hydrogens is 282 g/mol. The number of rotatable bonds is 2. The van der Waals surface area contributed by atoms with Crippen LogP contribution in [0.3, 0.4) is 0 Å². The highest BCUT2D eigenvalue weighted by Crippen LogP contribution is 2.39. The van der Waals surface area contributed by atoms with E-state index in [9.17, 15) is 0 Å². The molecule has 0 saturated carbocycles. The van der Waals surface area contributed by atoms with Crippen molar-refractivity contribution in [2.24, 2.45) is 7.05 Å². The summed E-state index contributed by atoms with van der Waals surface area (Å²) in [5.41, 5.74) is 11.8. The maximum Gasteiger partial charge on any atom is 0.130 e. The molecule has 0 spiro atoms. The van der Waals surface area contributed by atoms with Gasteiger partial charge in [-0.05, 0) is 28.6 Å². The van der Waals surface area contributed by atoms with E-state index in [1.54, 1.807) is 16.0 Å². The van der Waals surface area contributed by atoms with Gasteiger partial charge in [0.1, 0.15) is 11.5 Å². The molecule has 0 atom stereocenters. The molecule has 21 heavy (non-hydrogen) atoms. The first kappa shape index (κ1) is 12.6. The summed E-state index contributed by atoms with van der Waals surface area (Å²) in [6, 6.07) is 10.5. The molecule has 2 aromatic heterocycles. The Labute approximate surface area is 126 Å². The molecule has 1 aliphatic rings. The second-order valence-electron chi connectivity index (χ2n) is 5.19. The van der Waals surface area contributed by atoms with E-state index in [0.717, 1.165) is 21.7 Å². The molecule has 0 bridgehead atoms. The van der Waals surface area contributed by atoms with Crippen LogP contribution in [0, 0.1) is 0 Å². The number of anilines is 1. The summed E-state index contributed by atoms with van der Waals surface area (Å²) < 4.78 is 7.23. The van der Waals surface area contributed by atoms with Crippen molar-refractivity contribution in [2.75, 3.05) is 5.73 Å². The number of nitrogens with two attached hydrogens (primary N) is 1. The minimum absolute atomic E-state index is 0.680. The molecule has 0 aliphatic carbocycles. The standard InChI is InChI=1S/C16H15N3OS/c1-19-16(17)14(13-3-2-6-21-13)15(18-19)10-4-5-11-8-20-9-12(11)7-10/h2-7H,8-9,17H2,1H3. The van der Waals surface area contributed by atoms with Crippen LogP contribution in [-0.4, -0.2) is 9.78 Å². The number of fused-ring (bicyclic) bond motifs is 1. The van der Waals surface area contributed by atoms with Gasteiger partial charge in [-0.15, -0.1) is 11.3 Å². The lowest BCUT2D eigenvalue weighted by Crippen LogP contribution is -1.97. The Hall–Kier alpha value is -2.11. The Balaban J connectivity index is 1.91. The van der Waals surface area contributed by atoms with Gasteiger partial charge < -0.3 is 10.5 Å². The molecule has 3 aromatic rings. The Morgan fingerprint density at radius 2 is 2.10 bits per heavy atom. The summed E-state index contributed by atoms with van der Waals surface area (Å²) in [6.07, 6.45) is 0. The third-order valence-electron chi connectivity index (χ3n) is 3.85. The summed E-state index contributed by atoms with van der Waals surface area (Å²) in [6.45, 7) is 1.39. The highest BCUT2D eigenvalue weighted by Gasteiger charge is 2.20. The van der Waals surface area contributed by atoms with Crippen molar-refractivity contribution in [1.82, 2.24) is 9.78 Å². The minimum Gasteiger partial charge on any atom is -0.383 e. The number of ether oxygens (including phenoxy) is 1. The largest absolute Gasteiger partial charge is 0.383 e. The zero-order chi connectivity index (χ0) is 14.4. The Kier molecular flexibility index (Phi) is 2.83. The molecule has 4 nitrogen and oxygen atoms in total. The molecule has 0 fully saturated rings. The molecule has 0 radical (unpaired) electrons. The quantitative estimate of drug-likeness (QED) is 0.788. The van der Waals surface area contributed by atoms with Gasteiger partial charge in [0.15, 0.2) is 0 Å². The van der Waals surface area contributed by atoms with Crippen molar-refractivity contribution < 1.29 is 4.74 Å². The van der Waals surface area contributed by atoms with E-state index >= 15 is 0 Å². The number of nitrogens with zero attached hydrogens (tertiary/aromatic N) is 2. The second kappa shape index (κ2) is 4.72. The monoisotopic (exact) mass is 297 g/mol. The van der Waals surface area contributed by atoms with Crippen LogP contribution in [0.4, 0.5) is 5.82 Å². The Morgan fingerprint density at radius 1 is 1.24 bits per heavy atom. The predicted octanol–water partition coefficient (Wildman–Crippen LogP) is 3.43. The zero-order valence-corrected chi connectivity index (χ0v) is 12.5. The van der Waals surface area contributed by atoms with Crippen LogP contribution in [0.1, 0.15) is 11.1 Å². The molecule has 106 valence electrons. The summed E-state index contributed by atoms with van der Waals surface area (Å²) >= 11 is 1.68. The van der Waals surface area contributed by atoms with Gasteiger partial charge >= 0.3 is 0 Å². The first-order chi connectivity index (χ1) is 10.2. The van der Waals surface area contributed by atoms with Crippen LogP contribution in [0.2, 0.25) is 0 Å². The van der Waals surface area contributed by atoms with Gasteiger partial charge in [-0.1, -0.05) is 18.2 Å². The van der Waals surface area contributed by atoms with Crippen molar-refractivity contribution in [3.05, 3.63) is 46.8 Å². The lowest BCUT2D eigenvalue weighted by molar-refractivity contribution is 0.134. The van der Waals surface area contributed by atoms with Crippen molar-refractivity contribution in [3.8, 4) is 21.7 Å². The number of hydrogen-bond acceptors (Lipinski definition) is 4. The SMILES string of the molecule is Cn1nc(-c2ccc3c(c2)COC3)c(-c2cccs2)c1N. The molecule has 0 unspecified atom stereocenters. The fraction of sp³-hybridized carbons (Fsp3) is 0.188. The van der Waals surface area contributed by atoms with Gasteiger partial charge in [0.05, 0.1) is 18.8 Å². The molecule has 4 rings (SSSR count). The number of hydrogen-bond donors (Lipinski definition) is 1. The highest BCUT2D eigenvalue weighted by atomic mass is 32.1. The van der Waals surface area contributed by atoms with Crippen molar-refractivity contribution in [2.45, 2.75) is 13.2 Å². The normalized spacial score (nSPS) is 13.6. The maximum atomic E-state index is 6.23.